The summed E-state index contributed by atoms with van der Waals surface area (Å²) in [7, 11) is 0. The molecule has 0 aliphatic heterocycles. The molecule has 110 valence electrons. The maximum atomic E-state index is 11.5. The van der Waals surface area contributed by atoms with Crippen LogP contribution in [0.15, 0.2) is 0 Å². The first-order valence-corrected chi connectivity index (χ1v) is 5.05. The van der Waals surface area contributed by atoms with E-state index in [2.05, 4.69) is 0 Å². The average molecular weight is 281 g/mol. The SMILES string of the molecule is N[C@@H](C(=O)C(C(=O)O)C(=O)O)[C@@H](O)[C@H](O)[C@H](O)CO. The molecule has 0 aliphatic carbocycles. The van der Waals surface area contributed by atoms with Crippen LogP contribution >= 0.6 is 0 Å². The first-order chi connectivity index (χ1) is 8.64. The van der Waals surface area contributed by atoms with E-state index in [-0.39, 0.29) is 0 Å². The molecule has 0 aromatic heterocycles. The molecule has 4 atom stereocenters. The van der Waals surface area contributed by atoms with Crippen molar-refractivity contribution in [2.24, 2.45) is 11.7 Å². The third-order valence-electron chi connectivity index (χ3n) is 2.41. The number of hydrogen-bond acceptors (Lipinski definition) is 8. The van der Waals surface area contributed by atoms with Crippen LogP contribution in [-0.2, 0) is 14.4 Å². The van der Waals surface area contributed by atoms with Crippen LogP contribution in [0.5, 0.6) is 0 Å². The first kappa shape index (κ1) is 17.4. The Balaban J connectivity index is 4.98. The van der Waals surface area contributed by atoms with E-state index in [9.17, 15) is 24.6 Å². The Morgan fingerprint density at radius 3 is 1.68 bits per heavy atom. The number of rotatable bonds is 8. The van der Waals surface area contributed by atoms with Gasteiger partial charge in [0.2, 0.25) is 5.92 Å². The molecule has 0 unspecified atom stereocenters. The lowest BCUT2D eigenvalue weighted by atomic mass is 9.91. The largest absolute Gasteiger partial charge is 0.480 e. The van der Waals surface area contributed by atoms with Crippen molar-refractivity contribution in [3.8, 4) is 0 Å². The smallest absolute Gasteiger partial charge is 0.325 e. The van der Waals surface area contributed by atoms with Crippen molar-refractivity contribution in [3.05, 3.63) is 0 Å². The molecule has 0 spiro atoms. The standard InChI is InChI=1S/C9H15NO9/c10-4(7(15)5(13)2(12)1-11)6(14)3(8(16)17)9(18)19/h2-5,7,11-13,15H,1,10H2,(H,16,17)(H,18,19)/t2-,4+,5-,7-/m1/s1. The molecule has 8 N–H and O–H groups in total. The molecule has 0 bridgehead atoms. The molecule has 0 aromatic carbocycles. The van der Waals surface area contributed by atoms with Gasteiger partial charge in [-0.25, -0.2) is 0 Å². The fourth-order valence-corrected chi connectivity index (χ4v) is 1.26. The van der Waals surface area contributed by atoms with Crippen molar-refractivity contribution in [3.63, 3.8) is 0 Å². The first-order valence-electron chi connectivity index (χ1n) is 5.05. The van der Waals surface area contributed by atoms with Crippen LogP contribution < -0.4 is 5.73 Å². The van der Waals surface area contributed by atoms with Gasteiger partial charge in [0.25, 0.3) is 0 Å². The molecule has 0 rings (SSSR count). The van der Waals surface area contributed by atoms with Gasteiger partial charge in [-0.3, -0.25) is 14.4 Å². The summed E-state index contributed by atoms with van der Waals surface area (Å²) in [5.41, 5.74) is 5.15. The van der Waals surface area contributed by atoms with Crippen molar-refractivity contribution in [1.29, 1.82) is 0 Å². The lowest BCUT2D eigenvalue weighted by Crippen LogP contribution is -2.55. The number of aliphatic hydroxyl groups excluding tert-OH is 4. The maximum Gasteiger partial charge on any atom is 0.325 e. The predicted octanol–water partition coefficient (Wildman–Crippen LogP) is -4.26. The number of carbonyl (C=O) groups is 3. The second-order valence-corrected chi connectivity index (χ2v) is 3.77. The summed E-state index contributed by atoms with van der Waals surface area (Å²) in [6, 6.07) is -2.05. The van der Waals surface area contributed by atoms with Gasteiger partial charge in [-0.2, -0.15) is 0 Å². The Morgan fingerprint density at radius 1 is 0.947 bits per heavy atom. The third-order valence-corrected chi connectivity index (χ3v) is 2.41. The third kappa shape index (κ3) is 4.22. The number of carboxylic acids is 2. The minimum absolute atomic E-state index is 0.944. The molecule has 19 heavy (non-hydrogen) atoms. The zero-order valence-electron chi connectivity index (χ0n) is 9.58. The van der Waals surface area contributed by atoms with E-state index in [0.29, 0.717) is 0 Å². The second-order valence-electron chi connectivity index (χ2n) is 3.77. The number of carboxylic acid groups (broad SMARTS) is 2. The number of Topliss-reactive ketones (excluding diaryl/α,β-unsaturated/α-hetero) is 1. The van der Waals surface area contributed by atoms with Gasteiger partial charge in [0.05, 0.1) is 12.6 Å². The van der Waals surface area contributed by atoms with Crippen molar-refractivity contribution < 1.29 is 45.0 Å². The molecule has 0 radical (unpaired) electrons. The fourth-order valence-electron chi connectivity index (χ4n) is 1.26. The Bertz CT molecular complexity index is 344. The fraction of sp³-hybridized carbons (Fsp3) is 0.667. The number of nitrogens with two attached hydrogens (primary N) is 1. The van der Waals surface area contributed by atoms with Crippen LogP contribution in [0.25, 0.3) is 0 Å². The van der Waals surface area contributed by atoms with Gasteiger partial charge >= 0.3 is 11.9 Å². The van der Waals surface area contributed by atoms with Crippen molar-refractivity contribution in [1.82, 2.24) is 0 Å². The highest BCUT2D eigenvalue weighted by Gasteiger charge is 2.42. The number of ketones is 1. The van der Waals surface area contributed by atoms with E-state index in [1.165, 1.54) is 0 Å². The van der Waals surface area contributed by atoms with Crippen LogP contribution in [0.1, 0.15) is 0 Å². The molecule has 0 heterocycles. The molecule has 10 nitrogen and oxygen atoms in total. The predicted molar refractivity (Wildman–Crippen MR) is 56.9 cm³/mol. The highest BCUT2D eigenvalue weighted by atomic mass is 16.4. The lowest BCUT2D eigenvalue weighted by molar-refractivity contribution is -0.159. The summed E-state index contributed by atoms with van der Waals surface area (Å²) in [4.78, 5) is 32.6. The Morgan fingerprint density at radius 2 is 1.37 bits per heavy atom. The van der Waals surface area contributed by atoms with E-state index >= 15 is 0 Å². The number of carbonyl (C=O) groups excluding carboxylic acids is 1. The minimum atomic E-state index is -2.50. The zero-order chi connectivity index (χ0) is 15.3. The van der Waals surface area contributed by atoms with Gasteiger partial charge in [-0.15, -0.1) is 0 Å². The van der Waals surface area contributed by atoms with E-state index in [1.807, 2.05) is 0 Å². The maximum absolute atomic E-state index is 11.5. The molecule has 0 saturated heterocycles. The molecule has 0 fully saturated rings. The van der Waals surface area contributed by atoms with Crippen molar-refractivity contribution >= 4 is 17.7 Å². The summed E-state index contributed by atoms with van der Waals surface area (Å²) in [6.07, 6.45) is -5.98. The highest BCUT2D eigenvalue weighted by molar-refractivity contribution is 6.15. The Kier molecular flexibility index (Phi) is 6.52. The Labute approximate surface area is 106 Å². The number of aliphatic carboxylic acids is 2. The van der Waals surface area contributed by atoms with E-state index < -0.39 is 54.6 Å². The molecule has 0 saturated carbocycles. The van der Waals surface area contributed by atoms with E-state index in [0.717, 1.165) is 0 Å². The second kappa shape index (κ2) is 7.11. The summed E-state index contributed by atoms with van der Waals surface area (Å²) in [5.74, 6) is -7.99. The minimum Gasteiger partial charge on any atom is -0.480 e. The molecule has 0 aromatic rings. The molecular formula is C9H15NO9. The Hall–Kier alpha value is -1.59. The summed E-state index contributed by atoms with van der Waals surface area (Å²) >= 11 is 0. The van der Waals surface area contributed by atoms with Crippen LogP contribution in [0.3, 0.4) is 0 Å². The van der Waals surface area contributed by atoms with Gasteiger partial charge in [-0.05, 0) is 0 Å². The van der Waals surface area contributed by atoms with Gasteiger partial charge in [-0.1, -0.05) is 0 Å². The molecule has 0 amide bonds. The van der Waals surface area contributed by atoms with E-state index in [4.69, 9.17) is 26.2 Å². The van der Waals surface area contributed by atoms with Gasteiger partial charge < -0.3 is 36.4 Å². The topological polar surface area (TPSA) is 199 Å². The summed E-state index contributed by atoms with van der Waals surface area (Å²) < 4.78 is 0. The average Bonchev–Trinajstić information content (AvgIpc) is 2.33. The highest BCUT2D eigenvalue weighted by Crippen LogP contribution is 2.10. The number of hydrogen-bond donors (Lipinski definition) is 7. The summed E-state index contributed by atoms with van der Waals surface area (Å²) in [5, 5.41) is 53.3. The number of aliphatic hydroxyl groups is 4. The van der Waals surface area contributed by atoms with E-state index in [1.54, 1.807) is 0 Å². The van der Waals surface area contributed by atoms with Crippen LogP contribution in [0.2, 0.25) is 0 Å². The van der Waals surface area contributed by atoms with Crippen molar-refractivity contribution in [2.45, 2.75) is 24.4 Å². The van der Waals surface area contributed by atoms with Crippen LogP contribution in [0, 0.1) is 5.92 Å². The lowest BCUT2D eigenvalue weighted by Gasteiger charge is -2.26. The van der Waals surface area contributed by atoms with Gasteiger partial charge in [0.1, 0.15) is 18.3 Å². The normalized spacial score (nSPS) is 17.6. The van der Waals surface area contributed by atoms with Crippen LogP contribution in [-0.4, -0.2) is 79.3 Å². The molecule has 0 aliphatic rings. The van der Waals surface area contributed by atoms with Gasteiger partial charge in [0, 0.05) is 0 Å². The molecular weight excluding hydrogens is 266 g/mol. The molecule has 10 heteroatoms. The monoisotopic (exact) mass is 281 g/mol. The van der Waals surface area contributed by atoms with Gasteiger partial charge in [0.15, 0.2) is 5.78 Å². The quantitative estimate of drug-likeness (QED) is 0.214. The van der Waals surface area contributed by atoms with Crippen LogP contribution in [0.4, 0.5) is 0 Å². The van der Waals surface area contributed by atoms with Crippen molar-refractivity contribution in [2.75, 3.05) is 6.61 Å². The summed E-state index contributed by atoms with van der Waals surface area (Å²) in [6.45, 7) is -0.944. The zero-order valence-corrected chi connectivity index (χ0v) is 9.58.